The van der Waals surface area contributed by atoms with Crippen LogP contribution in [-0.4, -0.2) is 25.3 Å². The Morgan fingerprint density at radius 3 is 2.72 bits per heavy atom. The van der Waals surface area contributed by atoms with E-state index in [2.05, 4.69) is 67.8 Å². The van der Waals surface area contributed by atoms with Gasteiger partial charge in [0.2, 0.25) is 11.4 Å². The first-order valence-electron chi connectivity index (χ1n) is 15.0. The van der Waals surface area contributed by atoms with Crippen LogP contribution in [0, 0.1) is 11.3 Å². The molecular weight excluding hydrogens is 577 g/mol. The lowest BCUT2D eigenvalue weighted by molar-refractivity contribution is -0.665. The van der Waals surface area contributed by atoms with Crippen LogP contribution >= 0.6 is 11.3 Å². The average molecular weight is 615 g/mol. The molecule has 1 fully saturated rings. The van der Waals surface area contributed by atoms with Crippen LogP contribution in [0.25, 0.3) is 27.1 Å². The van der Waals surface area contributed by atoms with Gasteiger partial charge in [0, 0.05) is 29.8 Å². The highest BCUT2D eigenvalue weighted by Gasteiger charge is 2.31. The van der Waals surface area contributed by atoms with E-state index in [-0.39, 0.29) is 11.8 Å². The second kappa shape index (κ2) is 11.9. The van der Waals surface area contributed by atoms with E-state index in [4.69, 9.17) is 4.74 Å². The SMILES string of the molecule is CC[n+]1c(C=C2CC(C=CC=C3Oc4ccc5ccccc5c4N3CCCS(=O)(=O)[O-])CC(C)(C)C2)sc2ccccc21. The van der Waals surface area contributed by atoms with Gasteiger partial charge in [-0.25, -0.2) is 8.42 Å². The molecule has 0 amide bonds. The van der Waals surface area contributed by atoms with Crippen molar-refractivity contribution in [1.82, 2.24) is 0 Å². The molecule has 1 aromatic heterocycles. The summed E-state index contributed by atoms with van der Waals surface area (Å²) in [6, 6.07) is 20.7. The highest BCUT2D eigenvalue weighted by Crippen LogP contribution is 2.45. The number of thiazole rings is 1. The Hall–Kier alpha value is -3.46. The largest absolute Gasteiger partial charge is 0.748 e. The van der Waals surface area contributed by atoms with Crippen molar-refractivity contribution in [2.45, 2.75) is 53.0 Å². The van der Waals surface area contributed by atoms with Crippen molar-refractivity contribution in [3.05, 3.63) is 95.4 Å². The number of hydrogen-bond donors (Lipinski definition) is 0. The summed E-state index contributed by atoms with van der Waals surface area (Å²) in [5, 5.41) is 3.42. The molecule has 6 nitrogen and oxygen atoms in total. The molecule has 2 heterocycles. The number of allylic oxidation sites excluding steroid dienone is 4. The molecule has 1 saturated carbocycles. The van der Waals surface area contributed by atoms with Crippen LogP contribution in [0.1, 0.15) is 51.5 Å². The van der Waals surface area contributed by atoms with Crippen molar-refractivity contribution < 1.29 is 22.3 Å². The van der Waals surface area contributed by atoms with Crippen LogP contribution in [0.2, 0.25) is 0 Å². The third-order valence-corrected chi connectivity index (χ3v) is 10.2. The van der Waals surface area contributed by atoms with Gasteiger partial charge in [-0.05, 0) is 67.5 Å². The summed E-state index contributed by atoms with van der Waals surface area (Å²) < 4.78 is 44.0. The summed E-state index contributed by atoms with van der Waals surface area (Å²) in [6.45, 7) is 8.23. The van der Waals surface area contributed by atoms with Crippen LogP contribution in [-0.2, 0) is 16.7 Å². The summed E-state index contributed by atoms with van der Waals surface area (Å²) in [4.78, 5) is 2.01. The van der Waals surface area contributed by atoms with Gasteiger partial charge in [0.05, 0.1) is 15.8 Å². The van der Waals surface area contributed by atoms with E-state index >= 15 is 0 Å². The number of aryl methyl sites for hydroxylation is 1. The molecule has 8 heteroatoms. The fourth-order valence-corrected chi connectivity index (χ4v) is 8.40. The number of rotatable bonds is 8. The van der Waals surface area contributed by atoms with Gasteiger partial charge in [0.15, 0.2) is 5.75 Å². The molecule has 3 aromatic carbocycles. The van der Waals surface area contributed by atoms with Crippen molar-refractivity contribution in [2.24, 2.45) is 11.3 Å². The molecule has 43 heavy (non-hydrogen) atoms. The molecule has 1 aliphatic carbocycles. The predicted molar refractivity (Wildman–Crippen MR) is 175 cm³/mol. The zero-order valence-electron chi connectivity index (χ0n) is 25.0. The van der Waals surface area contributed by atoms with Gasteiger partial charge in [-0.1, -0.05) is 85.4 Å². The Bertz CT molecular complexity index is 1870. The second-order valence-corrected chi connectivity index (χ2v) is 14.9. The lowest BCUT2D eigenvalue weighted by Gasteiger charge is -2.35. The minimum Gasteiger partial charge on any atom is -0.748 e. The number of para-hydroxylation sites is 1. The zero-order chi connectivity index (χ0) is 30.2. The van der Waals surface area contributed by atoms with E-state index in [1.165, 1.54) is 20.8 Å². The predicted octanol–water partition coefficient (Wildman–Crippen LogP) is 7.80. The van der Waals surface area contributed by atoms with E-state index in [0.717, 1.165) is 48.0 Å². The number of hydrogen-bond acceptors (Lipinski definition) is 6. The molecule has 4 aromatic rings. The molecule has 6 rings (SSSR count). The Labute approximate surface area is 258 Å². The molecule has 0 bridgehead atoms. The number of anilines is 1. The minimum absolute atomic E-state index is 0.189. The lowest BCUT2D eigenvalue weighted by atomic mass is 9.70. The van der Waals surface area contributed by atoms with Gasteiger partial charge >= 0.3 is 0 Å². The summed E-state index contributed by atoms with van der Waals surface area (Å²) in [5.41, 5.74) is 3.87. The number of fused-ring (bicyclic) bond motifs is 4. The zero-order valence-corrected chi connectivity index (χ0v) is 26.6. The fourth-order valence-electron chi connectivity index (χ4n) is 6.70. The topological polar surface area (TPSA) is 73.5 Å². The molecule has 2 aliphatic rings. The summed E-state index contributed by atoms with van der Waals surface area (Å²) >= 11 is 1.86. The van der Waals surface area contributed by atoms with E-state index in [9.17, 15) is 13.0 Å². The number of nitrogens with zero attached hydrogens (tertiary/aromatic N) is 2. The van der Waals surface area contributed by atoms with Crippen LogP contribution in [0.5, 0.6) is 5.75 Å². The summed E-state index contributed by atoms with van der Waals surface area (Å²) in [6.07, 6.45) is 12.2. The van der Waals surface area contributed by atoms with E-state index < -0.39 is 15.9 Å². The molecule has 0 saturated heterocycles. The van der Waals surface area contributed by atoms with Gasteiger partial charge in [-0.3, -0.25) is 0 Å². The minimum atomic E-state index is -4.29. The van der Waals surface area contributed by atoms with E-state index in [0.29, 0.717) is 18.3 Å². The highest BCUT2D eigenvalue weighted by molar-refractivity contribution is 7.85. The van der Waals surface area contributed by atoms with Crippen molar-refractivity contribution in [3.63, 3.8) is 0 Å². The van der Waals surface area contributed by atoms with Gasteiger partial charge in [-0.15, -0.1) is 0 Å². The molecular formula is C35H38N2O4S2. The van der Waals surface area contributed by atoms with Crippen LogP contribution in [0.3, 0.4) is 0 Å². The van der Waals surface area contributed by atoms with Gasteiger partial charge in [0.1, 0.15) is 11.2 Å². The molecule has 1 atom stereocenters. The van der Waals surface area contributed by atoms with E-state index in [1.807, 2.05) is 58.7 Å². The Morgan fingerprint density at radius 2 is 1.91 bits per heavy atom. The molecule has 1 aliphatic heterocycles. The normalized spacial score (nSPS) is 20.5. The van der Waals surface area contributed by atoms with Crippen molar-refractivity contribution in [1.29, 1.82) is 0 Å². The lowest BCUT2D eigenvalue weighted by Crippen LogP contribution is -2.33. The quantitative estimate of drug-likeness (QED) is 0.150. The Kier molecular flexibility index (Phi) is 8.20. The molecule has 224 valence electrons. The molecule has 0 N–H and O–H groups in total. The Morgan fingerprint density at radius 1 is 1.12 bits per heavy atom. The van der Waals surface area contributed by atoms with Crippen LogP contribution in [0.4, 0.5) is 5.69 Å². The van der Waals surface area contributed by atoms with Gasteiger partial charge < -0.3 is 14.2 Å². The first kappa shape index (κ1) is 29.6. The molecule has 1 unspecified atom stereocenters. The summed E-state index contributed by atoms with van der Waals surface area (Å²) in [5.74, 6) is 1.36. The number of benzene rings is 3. The number of ether oxygens (including phenoxy) is 1. The van der Waals surface area contributed by atoms with Gasteiger partial charge in [-0.2, -0.15) is 4.57 Å². The van der Waals surface area contributed by atoms with Crippen LogP contribution in [0.15, 0.2) is 90.3 Å². The maximum atomic E-state index is 11.3. The average Bonchev–Trinajstić information content (AvgIpc) is 3.48. The maximum Gasteiger partial charge on any atom is 0.262 e. The monoisotopic (exact) mass is 614 g/mol. The first-order valence-corrected chi connectivity index (χ1v) is 17.4. The van der Waals surface area contributed by atoms with Gasteiger partial charge in [0.25, 0.3) is 5.01 Å². The molecule has 0 spiro atoms. The van der Waals surface area contributed by atoms with Crippen molar-refractivity contribution >= 4 is 54.2 Å². The first-order chi connectivity index (χ1) is 20.6. The maximum absolute atomic E-state index is 11.3. The van der Waals surface area contributed by atoms with Crippen molar-refractivity contribution in [2.75, 3.05) is 17.2 Å². The second-order valence-electron chi connectivity index (χ2n) is 12.4. The smallest absolute Gasteiger partial charge is 0.262 e. The van der Waals surface area contributed by atoms with Crippen LogP contribution < -0.4 is 14.2 Å². The Balaban J connectivity index is 1.26. The molecule has 0 radical (unpaired) electrons. The van der Waals surface area contributed by atoms with E-state index in [1.54, 1.807) is 0 Å². The highest BCUT2D eigenvalue weighted by atomic mass is 32.2. The summed E-state index contributed by atoms with van der Waals surface area (Å²) in [7, 11) is -4.29. The number of aromatic nitrogens is 1. The fraction of sp³-hybridized carbons (Fsp3) is 0.343. The van der Waals surface area contributed by atoms with Crippen molar-refractivity contribution in [3.8, 4) is 5.75 Å². The third-order valence-electron chi connectivity index (χ3n) is 8.34. The standard InChI is InChI=1S/C35H38N2O4S2/c1-4-36-29-14-7-8-15-31(29)42-33(36)22-26-21-25(23-35(2,3)24-26)11-9-16-32-37(19-10-20-43(38,39)40)34-28-13-6-5-12-27(28)17-18-30(34)41-32/h5-9,11-18,22,25H,4,10,19-21,23-24H2,1-3H3. The third kappa shape index (κ3) is 6.56.